The smallest absolute Gasteiger partial charge is 0.323 e. The van der Waals surface area contributed by atoms with Crippen molar-refractivity contribution >= 4 is 49.9 Å². The lowest BCUT2D eigenvalue weighted by atomic mass is 10.2. The summed E-state index contributed by atoms with van der Waals surface area (Å²) in [6.45, 7) is 1.21. The van der Waals surface area contributed by atoms with Crippen LogP contribution in [0.3, 0.4) is 0 Å². The number of rotatable bonds is 4. The Labute approximate surface area is 154 Å². The number of carboxylic acid groups (broad SMARTS) is 1. The summed E-state index contributed by atoms with van der Waals surface area (Å²) < 4.78 is 27.8. The monoisotopic (exact) mass is 397 g/mol. The van der Waals surface area contributed by atoms with Gasteiger partial charge in [0.1, 0.15) is 11.4 Å². The van der Waals surface area contributed by atoms with Gasteiger partial charge in [-0.1, -0.05) is 29.3 Å². The molecule has 0 atom stereocenters. The highest BCUT2D eigenvalue weighted by Crippen LogP contribution is 2.37. The number of benzene rings is 2. The number of sulfone groups is 1. The molecule has 0 aliphatic heterocycles. The van der Waals surface area contributed by atoms with Crippen molar-refractivity contribution in [3.8, 4) is 0 Å². The van der Waals surface area contributed by atoms with Crippen LogP contribution in [0, 0.1) is 6.92 Å². The van der Waals surface area contributed by atoms with E-state index in [-0.39, 0.29) is 21.4 Å². The largest absolute Gasteiger partial charge is 0.480 e. The molecule has 3 rings (SSSR count). The molecule has 1 N–H and O–H groups in total. The van der Waals surface area contributed by atoms with Crippen LogP contribution in [-0.4, -0.2) is 24.1 Å². The number of nitrogens with zero attached hydrogens (tertiary/aromatic N) is 1. The Hall–Kier alpha value is -2.02. The molecule has 5 nitrogen and oxygen atoms in total. The molecule has 0 aliphatic rings. The van der Waals surface area contributed by atoms with Gasteiger partial charge in [0.2, 0.25) is 9.84 Å². The quantitative estimate of drug-likeness (QED) is 0.716. The molecule has 0 bridgehead atoms. The Morgan fingerprint density at radius 3 is 2.36 bits per heavy atom. The van der Waals surface area contributed by atoms with Crippen LogP contribution in [0.5, 0.6) is 0 Å². The first kappa shape index (κ1) is 17.8. The first-order chi connectivity index (χ1) is 11.7. The normalized spacial score (nSPS) is 11.8. The van der Waals surface area contributed by atoms with E-state index in [4.69, 9.17) is 28.3 Å². The Kier molecular flexibility index (Phi) is 4.53. The second-order valence-electron chi connectivity index (χ2n) is 5.49. The number of fused-ring (bicyclic) bond motifs is 1. The number of aromatic nitrogens is 1. The molecule has 0 amide bonds. The third-order valence-electron chi connectivity index (χ3n) is 3.93. The van der Waals surface area contributed by atoms with E-state index in [1.54, 1.807) is 25.1 Å². The topological polar surface area (TPSA) is 76.4 Å². The molecule has 1 aromatic heterocycles. The minimum absolute atomic E-state index is 0.0108. The van der Waals surface area contributed by atoms with Crippen molar-refractivity contribution in [1.82, 2.24) is 4.57 Å². The zero-order valence-corrected chi connectivity index (χ0v) is 15.4. The maximum atomic E-state index is 13.2. The van der Waals surface area contributed by atoms with Crippen LogP contribution in [0.1, 0.15) is 5.69 Å². The highest BCUT2D eigenvalue weighted by molar-refractivity contribution is 7.91. The second kappa shape index (κ2) is 6.37. The van der Waals surface area contributed by atoms with Crippen LogP contribution in [0.25, 0.3) is 10.9 Å². The van der Waals surface area contributed by atoms with Gasteiger partial charge in [0.05, 0.1) is 15.4 Å². The van der Waals surface area contributed by atoms with Crippen LogP contribution in [0.2, 0.25) is 10.0 Å². The molecule has 0 saturated heterocycles. The van der Waals surface area contributed by atoms with Crippen LogP contribution in [0.4, 0.5) is 0 Å². The van der Waals surface area contributed by atoms with Crippen molar-refractivity contribution in [3.05, 3.63) is 58.2 Å². The summed E-state index contributed by atoms with van der Waals surface area (Å²) in [5.41, 5.74) is 0.778. The van der Waals surface area contributed by atoms with E-state index < -0.39 is 15.8 Å². The average Bonchev–Trinajstić information content (AvgIpc) is 2.82. The Morgan fingerprint density at radius 2 is 1.76 bits per heavy atom. The molecule has 8 heteroatoms. The maximum absolute atomic E-state index is 13.2. The van der Waals surface area contributed by atoms with Crippen molar-refractivity contribution < 1.29 is 18.3 Å². The summed E-state index contributed by atoms with van der Waals surface area (Å²) in [5, 5.41) is 10.1. The summed E-state index contributed by atoms with van der Waals surface area (Å²) in [6, 6.07) is 10.7. The third kappa shape index (κ3) is 3.01. The van der Waals surface area contributed by atoms with Crippen LogP contribution < -0.4 is 0 Å². The summed E-state index contributed by atoms with van der Waals surface area (Å²) in [4.78, 5) is 11.3. The van der Waals surface area contributed by atoms with Crippen molar-refractivity contribution in [2.75, 3.05) is 0 Å². The molecule has 2 aromatic carbocycles. The van der Waals surface area contributed by atoms with Gasteiger partial charge < -0.3 is 9.67 Å². The van der Waals surface area contributed by atoms with Crippen molar-refractivity contribution in [3.63, 3.8) is 0 Å². The third-order valence-corrected chi connectivity index (χ3v) is 6.43. The molecule has 130 valence electrons. The molecule has 0 saturated carbocycles. The molecule has 0 fully saturated rings. The number of aliphatic carboxylic acids is 1. The first-order valence-corrected chi connectivity index (χ1v) is 9.47. The van der Waals surface area contributed by atoms with Crippen molar-refractivity contribution in [1.29, 1.82) is 0 Å². The summed E-state index contributed by atoms with van der Waals surface area (Å²) in [6.07, 6.45) is 0. The fraction of sp³-hybridized carbons (Fsp3) is 0.118. The Morgan fingerprint density at radius 1 is 1.12 bits per heavy atom. The van der Waals surface area contributed by atoms with E-state index in [0.29, 0.717) is 21.6 Å². The van der Waals surface area contributed by atoms with E-state index in [1.165, 1.54) is 28.8 Å². The van der Waals surface area contributed by atoms with Crippen LogP contribution in [0.15, 0.2) is 52.3 Å². The van der Waals surface area contributed by atoms with Gasteiger partial charge in [-0.2, -0.15) is 0 Å². The summed E-state index contributed by atoms with van der Waals surface area (Å²) >= 11 is 12.1. The number of carboxylic acids is 1. The number of carbonyl (C=O) groups is 1. The maximum Gasteiger partial charge on any atom is 0.323 e. The molecule has 1 heterocycles. The average molecular weight is 398 g/mol. The summed E-state index contributed by atoms with van der Waals surface area (Å²) in [5.74, 6) is -1.07. The second-order valence-corrected chi connectivity index (χ2v) is 8.22. The SMILES string of the molecule is Cc1c(S(=O)(=O)c2ccc(Cl)cc2)c2c(Cl)cccc2n1CC(=O)O. The minimum atomic E-state index is -3.91. The van der Waals surface area contributed by atoms with Crippen LogP contribution in [-0.2, 0) is 21.2 Å². The lowest BCUT2D eigenvalue weighted by Gasteiger charge is -2.07. The van der Waals surface area contributed by atoms with Gasteiger partial charge in [-0.15, -0.1) is 0 Å². The van der Waals surface area contributed by atoms with E-state index in [0.717, 1.165) is 0 Å². The number of halogens is 2. The van der Waals surface area contributed by atoms with Crippen molar-refractivity contribution in [2.24, 2.45) is 0 Å². The standard InChI is InChI=1S/C17H13Cl2NO4S/c1-10-17(25(23,24)12-7-5-11(18)6-8-12)16-13(19)3-2-4-14(16)20(10)9-15(21)22/h2-8H,9H2,1H3,(H,21,22). The fourth-order valence-electron chi connectivity index (χ4n) is 2.85. The molecular formula is C17H13Cl2NO4S. The van der Waals surface area contributed by atoms with Gasteiger partial charge in [-0.25, -0.2) is 8.42 Å². The van der Waals surface area contributed by atoms with Gasteiger partial charge >= 0.3 is 5.97 Å². The van der Waals surface area contributed by atoms with E-state index in [2.05, 4.69) is 0 Å². The molecule has 0 unspecified atom stereocenters. The molecule has 3 aromatic rings. The minimum Gasteiger partial charge on any atom is -0.480 e. The zero-order valence-electron chi connectivity index (χ0n) is 13.0. The molecule has 0 radical (unpaired) electrons. The lowest BCUT2D eigenvalue weighted by molar-refractivity contribution is -0.137. The highest BCUT2D eigenvalue weighted by Gasteiger charge is 2.28. The Balaban J connectivity index is 2.38. The Bertz CT molecular complexity index is 1090. The number of hydrogen-bond acceptors (Lipinski definition) is 3. The van der Waals surface area contributed by atoms with Crippen LogP contribution >= 0.6 is 23.2 Å². The van der Waals surface area contributed by atoms with Crippen molar-refractivity contribution in [2.45, 2.75) is 23.3 Å². The van der Waals surface area contributed by atoms with Gasteiger partial charge in [0.15, 0.2) is 0 Å². The van der Waals surface area contributed by atoms with Gasteiger partial charge in [-0.3, -0.25) is 4.79 Å². The van der Waals surface area contributed by atoms with Gasteiger partial charge in [0.25, 0.3) is 0 Å². The molecule has 0 aliphatic carbocycles. The molecular weight excluding hydrogens is 385 g/mol. The van der Waals surface area contributed by atoms with E-state index >= 15 is 0 Å². The van der Waals surface area contributed by atoms with E-state index in [1.807, 2.05) is 0 Å². The highest BCUT2D eigenvalue weighted by atomic mass is 35.5. The van der Waals surface area contributed by atoms with Gasteiger partial charge in [0, 0.05) is 16.1 Å². The zero-order chi connectivity index (χ0) is 18.4. The molecule has 25 heavy (non-hydrogen) atoms. The predicted octanol–water partition coefficient (Wildman–Crippen LogP) is 4.17. The predicted molar refractivity (Wildman–Crippen MR) is 96.2 cm³/mol. The first-order valence-electron chi connectivity index (χ1n) is 7.23. The van der Waals surface area contributed by atoms with E-state index in [9.17, 15) is 13.2 Å². The fourth-order valence-corrected chi connectivity index (χ4v) is 5.00. The summed E-state index contributed by atoms with van der Waals surface area (Å²) in [7, 11) is -3.91. The van der Waals surface area contributed by atoms with Gasteiger partial charge in [-0.05, 0) is 43.3 Å². The lowest BCUT2D eigenvalue weighted by Crippen LogP contribution is -2.11. The molecule has 0 spiro atoms. The number of hydrogen-bond donors (Lipinski definition) is 1.